The second-order valence-electron chi connectivity index (χ2n) is 6.03. The summed E-state index contributed by atoms with van der Waals surface area (Å²) in [6.07, 6.45) is 2.03. The van der Waals surface area contributed by atoms with E-state index in [1.165, 1.54) is 11.9 Å². The normalized spacial score (nSPS) is 32.6. The van der Waals surface area contributed by atoms with Crippen LogP contribution < -0.4 is 5.32 Å². The molecule has 0 aliphatic carbocycles. The molecule has 0 aromatic rings. The number of likely N-dealkylation sites (N-methyl/N-ethyl adjacent to an activating group) is 1. The van der Waals surface area contributed by atoms with E-state index in [1.54, 1.807) is 0 Å². The monoisotopic (exact) mass is 265 g/mol. The van der Waals surface area contributed by atoms with E-state index in [0.29, 0.717) is 0 Å². The van der Waals surface area contributed by atoms with Crippen LogP contribution in [0.4, 0.5) is 4.79 Å². The van der Waals surface area contributed by atoms with Crippen molar-refractivity contribution < 1.29 is 9.59 Å². The van der Waals surface area contributed by atoms with Crippen molar-refractivity contribution in [1.29, 1.82) is 0 Å². The van der Waals surface area contributed by atoms with Crippen molar-refractivity contribution in [3.05, 3.63) is 12.2 Å². The van der Waals surface area contributed by atoms with Gasteiger partial charge in [-0.2, -0.15) is 0 Å². The summed E-state index contributed by atoms with van der Waals surface area (Å²) in [5.41, 5.74) is 0.379. The average Bonchev–Trinajstić information content (AvgIpc) is 2.54. The maximum atomic E-state index is 12.3. The zero-order valence-electron chi connectivity index (χ0n) is 12.0. The zero-order valence-corrected chi connectivity index (χ0v) is 12.0. The van der Waals surface area contributed by atoms with Crippen molar-refractivity contribution in [2.45, 2.75) is 32.2 Å². The topological polar surface area (TPSA) is 52.7 Å². The van der Waals surface area contributed by atoms with Crippen LogP contribution in [0.15, 0.2) is 12.2 Å². The Bertz CT molecular complexity index is 421. The minimum atomic E-state index is -0.750. The molecule has 2 aliphatic heterocycles. The van der Waals surface area contributed by atoms with Crippen LogP contribution in [0.5, 0.6) is 0 Å². The summed E-state index contributed by atoms with van der Waals surface area (Å²) >= 11 is 0. The van der Waals surface area contributed by atoms with Crippen molar-refractivity contribution in [2.24, 2.45) is 5.92 Å². The molecule has 0 radical (unpaired) electrons. The van der Waals surface area contributed by atoms with Gasteiger partial charge in [0.1, 0.15) is 5.54 Å². The number of likely N-dealkylation sites (tertiary alicyclic amines) is 1. The molecule has 106 valence electrons. The van der Waals surface area contributed by atoms with Gasteiger partial charge in [0, 0.05) is 26.1 Å². The molecule has 1 N–H and O–H groups in total. The Labute approximate surface area is 114 Å². The third-order valence-corrected chi connectivity index (χ3v) is 4.24. The lowest BCUT2D eigenvalue weighted by Gasteiger charge is -2.39. The number of piperidine rings is 1. The minimum Gasteiger partial charge on any atom is -0.323 e. The van der Waals surface area contributed by atoms with Crippen LogP contribution >= 0.6 is 0 Å². The predicted molar refractivity (Wildman–Crippen MR) is 73.7 cm³/mol. The van der Waals surface area contributed by atoms with Crippen molar-refractivity contribution in [3.63, 3.8) is 0 Å². The van der Waals surface area contributed by atoms with E-state index in [9.17, 15) is 9.59 Å². The van der Waals surface area contributed by atoms with Crippen molar-refractivity contribution in [1.82, 2.24) is 15.1 Å². The lowest BCUT2D eigenvalue weighted by molar-refractivity contribution is -0.132. The lowest BCUT2D eigenvalue weighted by atomic mass is 9.80. The molecule has 0 saturated carbocycles. The molecule has 2 aliphatic rings. The van der Waals surface area contributed by atoms with Gasteiger partial charge < -0.3 is 5.32 Å². The van der Waals surface area contributed by atoms with E-state index in [2.05, 4.69) is 16.8 Å². The van der Waals surface area contributed by atoms with Gasteiger partial charge in [-0.3, -0.25) is 14.6 Å². The van der Waals surface area contributed by atoms with Gasteiger partial charge in [0.05, 0.1) is 0 Å². The highest BCUT2D eigenvalue weighted by Crippen LogP contribution is 2.32. The number of nitrogens with one attached hydrogen (secondary N) is 1. The van der Waals surface area contributed by atoms with Crippen LogP contribution in [0.1, 0.15) is 26.7 Å². The number of nitrogens with zero attached hydrogens (tertiary/aromatic N) is 2. The number of imide groups is 1. The van der Waals surface area contributed by atoms with E-state index in [-0.39, 0.29) is 17.9 Å². The Balaban J connectivity index is 2.11. The number of urea groups is 1. The fraction of sp³-hybridized carbons (Fsp3) is 0.714. The van der Waals surface area contributed by atoms with Crippen LogP contribution in [0.25, 0.3) is 0 Å². The van der Waals surface area contributed by atoms with Crippen molar-refractivity contribution in [3.8, 4) is 0 Å². The molecule has 0 aromatic heterocycles. The quantitative estimate of drug-likeness (QED) is 0.616. The maximum absolute atomic E-state index is 12.3. The van der Waals surface area contributed by atoms with Crippen LogP contribution in [0, 0.1) is 5.92 Å². The summed E-state index contributed by atoms with van der Waals surface area (Å²) in [5.74, 6) is 0.0571. The number of amides is 3. The average molecular weight is 265 g/mol. The molecule has 5 heteroatoms. The van der Waals surface area contributed by atoms with Crippen LogP contribution in [-0.2, 0) is 4.79 Å². The van der Waals surface area contributed by atoms with Gasteiger partial charge in [0.15, 0.2) is 0 Å². The van der Waals surface area contributed by atoms with Gasteiger partial charge in [-0.15, -0.1) is 0 Å². The Hall–Kier alpha value is -1.36. The molecule has 2 atom stereocenters. The third-order valence-electron chi connectivity index (χ3n) is 4.24. The molecule has 2 heterocycles. The molecule has 2 fully saturated rings. The number of carbonyl (C=O) groups is 2. The standard InChI is InChI=1S/C14H23N3O2/c1-10(2)8-17-7-5-6-11(9-17)14(3)12(18)16(4)13(19)15-14/h11H,1,5-9H2,2-4H3,(H,15,19). The first-order valence-corrected chi connectivity index (χ1v) is 6.81. The Morgan fingerprint density at radius 1 is 1.53 bits per heavy atom. The first-order chi connectivity index (χ1) is 8.84. The smallest absolute Gasteiger partial charge is 0.323 e. The van der Waals surface area contributed by atoms with E-state index in [4.69, 9.17) is 0 Å². The molecule has 0 spiro atoms. The predicted octanol–water partition coefficient (Wildman–Crippen LogP) is 1.21. The number of hydrogen-bond donors (Lipinski definition) is 1. The maximum Gasteiger partial charge on any atom is 0.324 e. The van der Waals surface area contributed by atoms with Gasteiger partial charge >= 0.3 is 6.03 Å². The first kappa shape index (κ1) is 14.1. The third kappa shape index (κ3) is 2.52. The SMILES string of the molecule is C=C(C)CN1CCCC(C2(C)NC(=O)N(C)C2=O)C1. The summed E-state index contributed by atoms with van der Waals surface area (Å²) in [7, 11) is 1.54. The fourth-order valence-corrected chi connectivity index (χ4v) is 3.13. The van der Waals surface area contributed by atoms with Crippen LogP contribution in [0.2, 0.25) is 0 Å². The number of rotatable bonds is 3. The molecule has 5 nitrogen and oxygen atoms in total. The summed E-state index contributed by atoms with van der Waals surface area (Å²) in [5, 5.41) is 2.86. The summed E-state index contributed by atoms with van der Waals surface area (Å²) in [6.45, 7) is 10.6. The van der Waals surface area contributed by atoms with Crippen LogP contribution in [0.3, 0.4) is 0 Å². The first-order valence-electron chi connectivity index (χ1n) is 6.81. The lowest BCUT2D eigenvalue weighted by Crippen LogP contribution is -2.55. The van der Waals surface area contributed by atoms with E-state index >= 15 is 0 Å². The highest BCUT2D eigenvalue weighted by Gasteiger charge is 2.51. The van der Waals surface area contributed by atoms with Gasteiger partial charge in [-0.25, -0.2) is 4.79 Å². The molecule has 19 heavy (non-hydrogen) atoms. The van der Waals surface area contributed by atoms with Crippen molar-refractivity contribution >= 4 is 11.9 Å². The molecule has 0 aromatic carbocycles. The van der Waals surface area contributed by atoms with E-state index < -0.39 is 5.54 Å². The molecular weight excluding hydrogens is 242 g/mol. The summed E-state index contributed by atoms with van der Waals surface area (Å²) in [4.78, 5) is 27.5. The summed E-state index contributed by atoms with van der Waals surface area (Å²) < 4.78 is 0. The molecular formula is C14H23N3O2. The van der Waals surface area contributed by atoms with Gasteiger partial charge in [-0.1, -0.05) is 12.2 Å². The Kier molecular flexibility index (Phi) is 3.67. The highest BCUT2D eigenvalue weighted by atomic mass is 16.2. The Morgan fingerprint density at radius 2 is 2.21 bits per heavy atom. The Morgan fingerprint density at radius 3 is 2.74 bits per heavy atom. The van der Waals surface area contributed by atoms with Gasteiger partial charge in [0.25, 0.3) is 5.91 Å². The molecule has 0 bridgehead atoms. The largest absolute Gasteiger partial charge is 0.324 e. The number of carbonyl (C=O) groups excluding carboxylic acids is 2. The fourth-order valence-electron chi connectivity index (χ4n) is 3.13. The second kappa shape index (κ2) is 4.96. The van der Waals surface area contributed by atoms with Gasteiger partial charge in [0.2, 0.25) is 0 Å². The second-order valence-corrected chi connectivity index (χ2v) is 6.03. The van der Waals surface area contributed by atoms with Crippen molar-refractivity contribution in [2.75, 3.05) is 26.7 Å². The molecule has 2 saturated heterocycles. The molecule has 3 amide bonds. The number of hydrogen-bond acceptors (Lipinski definition) is 3. The van der Waals surface area contributed by atoms with E-state index in [1.807, 2.05) is 13.8 Å². The summed E-state index contributed by atoms with van der Waals surface area (Å²) in [6, 6.07) is -0.287. The van der Waals surface area contributed by atoms with E-state index in [0.717, 1.165) is 38.0 Å². The zero-order chi connectivity index (χ0) is 14.2. The molecule has 2 unspecified atom stereocenters. The molecule has 2 rings (SSSR count). The highest BCUT2D eigenvalue weighted by molar-refractivity contribution is 6.06. The van der Waals surface area contributed by atoms with Gasteiger partial charge in [-0.05, 0) is 33.2 Å². The minimum absolute atomic E-state index is 0.111. The van der Waals surface area contributed by atoms with Crippen LogP contribution in [-0.4, -0.2) is 54.0 Å².